The van der Waals surface area contributed by atoms with Gasteiger partial charge in [0.25, 0.3) is 0 Å². The molecule has 7 N–H and O–H groups in total. The van der Waals surface area contributed by atoms with Gasteiger partial charge in [-0.25, -0.2) is 23.6 Å². The monoisotopic (exact) mass is 858 g/mol. The van der Waals surface area contributed by atoms with Gasteiger partial charge in [0.2, 0.25) is 17.2 Å². The largest absolute Gasteiger partial charge is 0.477 e. The Morgan fingerprint density at radius 3 is 2.16 bits per heavy atom. The van der Waals surface area contributed by atoms with Crippen LogP contribution in [0.25, 0.3) is 10.9 Å². The normalized spacial score (nSPS) is 13.5. The number of nitrogens with zero attached hydrogens (tertiary/aromatic N) is 3. The van der Waals surface area contributed by atoms with E-state index in [1.165, 1.54) is 17.2 Å². The van der Waals surface area contributed by atoms with E-state index in [1.54, 1.807) is 78.8 Å². The van der Waals surface area contributed by atoms with Crippen LogP contribution in [-0.2, 0) is 38.8 Å². The summed E-state index contributed by atoms with van der Waals surface area (Å²) in [6.45, 7) is 6.67. The molecule has 0 aliphatic carbocycles. The topological polar surface area (TPSA) is 244 Å². The van der Waals surface area contributed by atoms with Gasteiger partial charge in [0.05, 0.1) is 11.2 Å². The van der Waals surface area contributed by atoms with Gasteiger partial charge in [-0.1, -0.05) is 56.3 Å². The molecule has 5 rings (SSSR count). The third kappa shape index (κ3) is 12.2. The molecule has 6 amide bonds. The number of fused-ring (bicyclic) bond motifs is 1. The fourth-order valence-electron chi connectivity index (χ4n) is 6.81. The number of carbonyl (C=O) groups is 6. The number of aryl methyl sites for hydroxylation is 1. The predicted molar refractivity (Wildman–Crippen MR) is 227 cm³/mol. The molecule has 0 saturated carbocycles. The minimum absolute atomic E-state index is 0.000566. The number of rotatable bonds is 17. The molecule has 1 fully saturated rings. The Morgan fingerprint density at radius 2 is 1.53 bits per heavy atom. The third-order valence-corrected chi connectivity index (χ3v) is 10.2. The van der Waals surface area contributed by atoms with Gasteiger partial charge in [-0.15, -0.1) is 0 Å². The second-order valence-corrected chi connectivity index (χ2v) is 14.9. The second-order valence-electron chi connectivity index (χ2n) is 14.9. The number of carbonyl (C=O) groups excluding carboxylic acids is 5. The molecule has 0 unspecified atom stereocenters. The molecule has 0 spiro atoms. The van der Waals surface area contributed by atoms with Crippen LogP contribution in [0.4, 0.5) is 30.1 Å². The number of urea groups is 1. The molecule has 2 heterocycles. The van der Waals surface area contributed by atoms with E-state index in [0.717, 1.165) is 11.6 Å². The lowest BCUT2D eigenvalue weighted by Crippen LogP contribution is -2.54. The number of halogens is 1. The smallest absolute Gasteiger partial charge is 0.410 e. The number of nitrogens with two attached hydrogens (primary N) is 1. The number of alkyl carbamates (subject to hydrolysis) is 1. The van der Waals surface area contributed by atoms with Gasteiger partial charge in [0.15, 0.2) is 0 Å². The van der Waals surface area contributed by atoms with Crippen LogP contribution in [0.5, 0.6) is 0 Å². The number of carboxylic acids is 1. The van der Waals surface area contributed by atoms with Gasteiger partial charge >= 0.3 is 24.2 Å². The molecule has 1 aliphatic rings. The van der Waals surface area contributed by atoms with Crippen LogP contribution < -0.4 is 37.3 Å². The van der Waals surface area contributed by atoms with Crippen LogP contribution in [0, 0.1) is 11.7 Å². The van der Waals surface area contributed by atoms with E-state index in [2.05, 4.69) is 21.3 Å². The molecule has 1 aliphatic heterocycles. The summed E-state index contributed by atoms with van der Waals surface area (Å²) in [5.74, 6) is -3.61. The van der Waals surface area contributed by atoms with Crippen LogP contribution >= 0.6 is 0 Å². The molecule has 330 valence electrons. The summed E-state index contributed by atoms with van der Waals surface area (Å²) in [5.41, 5.74) is 6.36. The number of carboxylic acid groups (broad SMARTS) is 1. The molecule has 62 heavy (non-hydrogen) atoms. The van der Waals surface area contributed by atoms with Gasteiger partial charge in [-0.05, 0) is 61.1 Å². The molecule has 1 aromatic heterocycles. The number of ether oxygens (including phenoxy) is 2. The Bertz CT molecular complexity index is 2320. The van der Waals surface area contributed by atoms with Crippen LogP contribution in [-0.4, -0.2) is 95.4 Å². The van der Waals surface area contributed by atoms with E-state index in [4.69, 9.17) is 15.2 Å². The molecule has 1 saturated heterocycles. The van der Waals surface area contributed by atoms with Crippen molar-refractivity contribution in [1.29, 1.82) is 0 Å². The van der Waals surface area contributed by atoms with Crippen molar-refractivity contribution >= 4 is 58.3 Å². The van der Waals surface area contributed by atoms with E-state index >= 15 is 4.39 Å². The van der Waals surface area contributed by atoms with Crippen molar-refractivity contribution < 1.29 is 47.7 Å². The standard InChI is InChI=1S/C43H51FN8O10/c1-4-50-23-31(40(56)57)37(53)30-21-32(44)35(22-34(30)50)51-17-19-52(20-18-51)43(60)62-25-28-12-14-29(15-13-28)47-38(54)33(11-8-16-46-41(45)58)48-39(55)36(26(2)3)49-42(59)61-24-27-9-6-5-7-10-27/h5-7,9-10,12-15,21-23,26,33,36H,4,8,11,16-20,24-25H2,1-3H3,(H,47,54)(H,48,55)(H,49,59)(H,56,57)(H3,45,46,58)/t33-,36-/m0/s1. The SMILES string of the molecule is CCn1cc(C(=O)O)c(=O)c2cc(F)c(N3CCN(C(=O)OCc4ccc(NC(=O)[C@H](CCCNC(N)=O)NC(=O)[C@@H](NC(=O)OCc5ccccc5)C(C)C)cc4)CC3)cc21. The Morgan fingerprint density at radius 1 is 0.871 bits per heavy atom. The summed E-state index contributed by atoms with van der Waals surface area (Å²) in [6.07, 6.45) is 0.282. The first kappa shape index (κ1) is 45.9. The molecular weight excluding hydrogens is 808 g/mol. The van der Waals surface area contributed by atoms with Crippen molar-refractivity contribution in [2.45, 2.75) is 65.5 Å². The minimum atomic E-state index is -1.39. The van der Waals surface area contributed by atoms with E-state index in [9.17, 15) is 38.7 Å². The Labute approximate surface area is 356 Å². The highest BCUT2D eigenvalue weighted by atomic mass is 19.1. The van der Waals surface area contributed by atoms with E-state index < -0.39 is 64.9 Å². The van der Waals surface area contributed by atoms with Gasteiger partial charge in [-0.3, -0.25) is 14.4 Å². The number of piperazine rings is 1. The highest BCUT2D eigenvalue weighted by Crippen LogP contribution is 2.27. The van der Waals surface area contributed by atoms with Gasteiger partial charge in [0.1, 0.15) is 36.7 Å². The maximum atomic E-state index is 15.3. The van der Waals surface area contributed by atoms with Gasteiger partial charge in [0, 0.05) is 56.5 Å². The van der Waals surface area contributed by atoms with Crippen LogP contribution in [0.2, 0.25) is 0 Å². The Balaban J connectivity index is 1.14. The summed E-state index contributed by atoms with van der Waals surface area (Å²) in [4.78, 5) is 91.3. The molecule has 19 heteroatoms. The van der Waals surface area contributed by atoms with Gasteiger partial charge in [-0.2, -0.15) is 0 Å². The first-order chi connectivity index (χ1) is 29.6. The molecular formula is C43H51FN8O10. The number of hydrogen-bond acceptors (Lipinski definition) is 10. The number of aromatic carboxylic acids is 1. The zero-order valence-electron chi connectivity index (χ0n) is 34.6. The van der Waals surface area contributed by atoms with Crippen molar-refractivity contribution in [2.75, 3.05) is 42.9 Å². The van der Waals surface area contributed by atoms with Crippen molar-refractivity contribution in [1.82, 2.24) is 25.4 Å². The lowest BCUT2D eigenvalue weighted by molar-refractivity contribution is -0.128. The number of benzene rings is 3. The van der Waals surface area contributed by atoms with Crippen molar-refractivity contribution in [2.24, 2.45) is 11.7 Å². The fraction of sp³-hybridized carbons (Fsp3) is 0.372. The molecule has 2 atom stereocenters. The number of aromatic nitrogens is 1. The third-order valence-electron chi connectivity index (χ3n) is 10.2. The lowest BCUT2D eigenvalue weighted by Gasteiger charge is -2.35. The Hall–Kier alpha value is -7.18. The van der Waals surface area contributed by atoms with Crippen molar-refractivity contribution in [3.8, 4) is 0 Å². The number of anilines is 2. The number of pyridine rings is 1. The Kier molecular flexibility index (Phi) is 15.8. The highest BCUT2D eigenvalue weighted by Gasteiger charge is 2.30. The number of hydrogen-bond donors (Lipinski definition) is 6. The van der Waals surface area contributed by atoms with Crippen LogP contribution in [0.3, 0.4) is 0 Å². The zero-order valence-corrected chi connectivity index (χ0v) is 34.6. The number of amides is 6. The van der Waals surface area contributed by atoms with Crippen molar-refractivity contribution in [3.63, 3.8) is 0 Å². The van der Waals surface area contributed by atoms with Crippen LogP contribution in [0.1, 0.15) is 55.1 Å². The molecule has 3 aromatic carbocycles. The summed E-state index contributed by atoms with van der Waals surface area (Å²) in [5, 5.41) is 19.9. The van der Waals surface area contributed by atoms with E-state index in [0.29, 0.717) is 29.7 Å². The summed E-state index contributed by atoms with van der Waals surface area (Å²) in [7, 11) is 0. The average Bonchev–Trinajstić information content (AvgIpc) is 3.25. The molecule has 0 bridgehead atoms. The molecule has 4 aromatic rings. The quantitative estimate of drug-likeness (QED) is 0.0825. The lowest BCUT2D eigenvalue weighted by atomic mass is 10.0. The fourth-order valence-corrected chi connectivity index (χ4v) is 6.81. The minimum Gasteiger partial charge on any atom is -0.477 e. The highest BCUT2D eigenvalue weighted by molar-refractivity contribution is 5.98. The number of nitrogens with one attached hydrogen (secondary N) is 4. The predicted octanol–water partition coefficient (Wildman–Crippen LogP) is 4.14. The second kappa shape index (κ2) is 21.4. The molecule has 18 nitrogen and oxygen atoms in total. The first-order valence-corrected chi connectivity index (χ1v) is 20.1. The van der Waals surface area contributed by atoms with Crippen molar-refractivity contribution in [3.05, 3.63) is 106 Å². The van der Waals surface area contributed by atoms with Gasteiger partial charge < -0.3 is 55.9 Å². The van der Waals surface area contributed by atoms with E-state index in [1.807, 2.05) is 6.07 Å². The maximum Gasteiger partial charge on any atom is 0.410 e. The first-order valence-electron chi connectivity index (χ1n) is 20.1. The summed E-state index contributed by atoms with van der Waals surface area (Å²) >= 11 is 0. The number of primary amides is 1. The maximum absolute atomic E-state index is 15.3. The van der Waals surface area contributed by atoms with Crippen LogP contribution in [0.15, 0.2) is 77.7 Å². The van der Waals surface area contributed by atoms with E-state index in [-0.39, 0.29) is 69.3 Å². The summed E-state index contributed by atoms with van der Waals surface area (Å²) < 4.78 is 27.7. The summed E-state index contributed by atoms with van der Waals surface area (Å²) in [6, 6.07) is 15.3. The zero-order chi connectivity index (χ0) is 44.9. The average molecular weight is 859 g/mol. The molecule has 0 radical (unpaired) electrons.